The normalized spacial score (nSPS) is 12.7. The Morgan fingerprint density at radius 3 is 2.73 bits per heavy atom. The van der Waals surface area contributed by atoms with Gasteiger partial charge in [-0.2, -0.15) is 5.10 Å². The van der Waals surface area contributed by atoms with Crippen molar-refractivity contribution < 1.29 is 5.11 Å². The number of aliphatic hydroxyl groups is 1. The van der Waals surface area contributed by atoms with Gasteiger partial charge in [0, 0.05) is 31.2 Å². The molecule has 0 saturated carbocycles. The lowest BCUT2D eigenvalue weighted by molar-refractivity contribution is 0.214. The molecule has 0 aliphatic rings. The van der Waals surface area contributed by atoms with E-state index in [-0.39, 0.29) is 0 Å². The highest BCUT2D eigenvalue weighted by Gasteiger charge is 2.16. The van der Waals surface area contributed by atoms with E-state index in [9.17, 15) is 5.11 Å². The van der Waals surface area contributed by atoms with E-state index in [1.807, 2.05) is 14.0 Å². The van der Waals surface area contributed by atoms with E-state index in [1.54, 1.807) is 29.5 Å². The van der Waals surface area contributed by atoms with Gasteiger partial charge in [0.2, 0.25) is 0 Å². The molecule has 2 aromatic heterocycles. The van der Waals surface area contributed by atoms with E-state index in [4.69, 9.17) is 0 Å². The van der Waals surface area contributed by atoms with Gasteiger partial charge in [0.1, 0.15) is 6.10 Å². The van der Waals surface area contributed by atoms with Crippen LogP contribution in [0.25, 0.3) is 0 Å². The van der Waals surface area contributed by atoms with Crippen LogP contribution >= 0.6 is 0 Å². The molecule has 5 heteroatoms. The first-order chi connectivity index (χ1) is 7.18. The molecule has 1 atom stereocenters. The maximum atomic E-state index is 10.0. The maximum absolute atomic E-state index is 10.0. The second kappa shape index (κ2) is 3.78. The SMILES string of the molecule is Cc1nn(C)cc1C(O)c1cnccn1. The van der Waals surface area contributed by atoms with Crippen molar-refractivity contribution in [2.24, 2.45) is 7.05 Å². The highest BCUT2D eigenvalue weighted by atomic mass is 16.3. The molecular weight excluding hydrogens is 192 g/mol. The largest absolute Gasteiger partial charge is 0.382 e. The Labute approximate surface area is 87.4 Å². The van der Waals surface area contributed by atoms with Crippen molar-refractivity contribution in [3.05, 3.63) is 41.7 Å². The van der Waals surface area contributed by atoms with Crippen molar-refractivity contribution in [1.82, 2.24) is 19.7 Å². The third kappa shape index (κ3) is 1.87. The third-order valence-electron chi connectivity index (χ3n) is 2.21. The number of aliphatic hydroxyl groups excluding tert-OH is 1. The summed E-state index contributed by atoms with van der Waals surface area (Å²) in [5, 5.41) is 14.2. The minimum Gasteiger partial charge on any atom is -0.382 e. The van der Waals surface area contributed by atoms with Gasteiger partial charge in [-0.25, -0.2) is 0 Å². The van der Waals surface area contributed by atoms with Crippen LogP contribution in [0.15, 0.2) is 24.8 Å². The van der Waals surface area contributed by atoms with Crippen LogP contribution in [0.5, 0.6) is 0 Å². The number of aromatic nitrogens is 4. The molecule has 2 aromatic rings. The average molecular weight is 204 g/mol. The number of hydrogen-bond donors (Lipinski definition) is 1. The number of nitrogens with zero attached hydrogens (tertiary/aromatic N) is 4. The predicted molar refractivity (Wildman–Crippen MR) is 54.0 cm³/mol. The molecule has 0 radical (unpaired) electrons. The second-order valence-corrected chi connectivity index (χ2v) is 3.38. The predicted octanol–water partition coefficient (Wildman–Crippen LogP) is 0.600. The summed E-state index contributed by atoms with van der Waals surface area (Å²) in [5.41, 5.74) is 2.10. The summed E-state index contributed by atoms with van der Waals surface area (Å²) in [5.74, 6) is 0. The maximum Gasteiger partial charge on any atom is 0.126 e. The zero-order chi connectivity index (χ0) is 10.8. The van der Waals surface area contributed by atoms with Gasteiger partial charge in [-0.3, -0.25) is 14.6 Å². The van der Waals surface area contributed by atoms with E-state index in [2.05, 4.69) is 15.1 Å². The summed E-state index contributed by atoms with van der Waals surface area (Å²) in [4.78, 5) is 7.97. The Bertz CT molecular complexity index is 452. The van der Waals surface area contributed by atoms with Gasteiger partial charge in [-0.1, -0.05) is 0 Å². The molecule has 2 rings (SSSR count). The van der Waals surface area contributed by atoms with E-state index in [0.29, 0.717) is 5.69 Å². The van der Waals surface area contributed by atoms with Gasteiger partial charge >= 0.3 is 0 Å². The third-order valence-corrected chi connectivity index (χ3v) is 2.21. The monoisotopic (exact) mass is 204 g/mol. The highest BCUT2D eigenvalue weighted by Crippen LogP contribution is 2.21. The van der Waals surface area contributed by atoms with Crippen LogP contribution in [0.1, 0.15) is 23.1 Å². The average Bonchev–Trinajstić information content (AvgIpc) is 2.58. The molecular formula is C10H12N4O. The molecule has 0 saturated heterocycles. The van der Waals surface area contributed by atoms with Gasteiger partial charge in [0.15, 0.2) is 0 Å². The van der Waals surface area contributed by atoms with Crippen molar-refractivity contribution in [3.63, 3.8) is 0 Å². The minimum atomic E-state index is -0.757. The molecule has 1 unspecified atom stereocenters. The molecule has 1 N–H and O–H groups in total. The topological polar surface area (TPSA) is 63.8 Å². The lowest BCUT2D eigenvalue weighted by Crippen LogP contribution is -2.03. The highest BCUT2D eigenvalue weighted by molar-refractivity contribution is 5.25. The fraction of sp³-hybridized carbons (Fsp3) is 0.300. The number of hydrogen-bond acceptors (Lipinski definition) is 4. The first kappa shape index (κ1) is 9.79. The summed E-state index contributed by atoms with van der Waals surface area (Å²) >= 11 is 0. The Morgan fingerprint density at radius 2 is 2.20 bits per heavy atom. The first-order valence-electron chi connectivity index (χ1n) is 4.62. The fourth-order valence-corrected chi connectivity index (χ4v) is 1.50. The fourth-order valence-electron chi connectivity index (χ4n) is 1.50. The lowest BCUT2D eigenvalue weighted by atomic mass is 10.1. The molecule has 2 heterocycles. The van der Waals surface area contributed by atoms with E-state index in [1.165, 1.54) is 0 Å². The van der Waals surface area contributed by atoms with Crippen LogP contribution in [-0.2, 0) is 7.05 Å². The quantitative estimate of drug-likeness (QED) is 0.778. The summed E-state index contributed by atoms with van der Waals surface area (Å²) in [6.45, 7) is 1.86. The minimum absolute atomic E-state index is 0.536. The molecule has 0 spiro atoms. The molecule has 0 amide bonds. The van der Waals surface area contributed by atoms with Crippen LogP contribution in [-0.4, -0.2) is 24.9 Å². The van der Waals surface area contributed by atoms with Crippen LogP contribution in [0.3, 0.4) is 0 Å². The zero-order valence-corrected chi connectivity index (χ0v) is 8.62. The summed E-state index contributed by atoms with van der Waals surface area (Å²) in [7, 11) is 1.82. The molecule has 5 nitrogen and oxygen atoms in total. The van der Waals surface area contributed by atoms with Crippen LogP contribution < -0.4 is 0 Å². The van der Waals surface area contributed by atoms with Gasteiger partial charge in [-0.05, 0) is 6.92 Å². The molecule has 0 aromatic carbocycles. The van der Waals surface area contributed by atoms with Crippen molar-refractivity contribution >= 4 is 0 Å². The Kier molecular flexibility index (Phi) is 2.47. The van der Waals surface area contributed by atoms with Crippen molar-refractivity contribution in [1.29, 1.82) is 0 Å². The van der Waals surface area contributed by atoms with Gasteiger partial charge in [0.05, 0.1) is 17.6 Å². The Hall–Kier alpha value is -1.75. The Morgan fingerprint density at radius 1 is 1.40 bits per heavy atom. The number of aryl methyl sites for hydroxylation is 2. The molecule has 78 valence electrons. The van der Waals surface area contributed by atoms with Crippen molar-refractivity contribution in [3.8, 4) is 0 Å². The lowest BCUT2D eigenvalue weighted by Gasteiger charge is -2.07. The van der Waals surface area contributed by atoms with Crippen LogP contribution in [0.2, 0.25) is 0 Å². The molecule has 0 aliphatic carbocycles. The molecule has 0 fully saturated rings. The van der Waals surface area contributed by atoms with E-state index < -0.39 is 6.10 Å². The first-order valence-corrected chi connectivity index (χ1v) is 4.62. The molecule has 0 aliphatic heterocycles. The molecule has 15 heavy (non-hydrogen) atoms. The van der Waals surface area contributed by atoms with Crippen LogP contribution in [0.4, 0.5) is 0 Å². The van der Waals surface area contributed by atoms with Crippen LogP contribution in [0, 0.1) is 6.92 Å². The van der Waals surface area contributed by atoms with Crippen molar-refractivity contribution in [2.45, 2.75) is 13.0 Å². The van der Waals surface area contributed by atoms with Gasteiger partial charge in [0.25, 0.3) is 0 Å². The molecule has 0 bridgehead atoms. The summed E-state index contributed by atoms with van der Waals surface area (Å²) in [6, 6.07) is 0. The smallest absolute Gasteiger partial charge is 0.126 e. The van der Waals surface area contributed by atoms with Gasteiger partial charge < -0.3 is 5.11 Å². The zero-order valence-electron chi connectivity index (χ0n) is 8.62. The number of rotatable bonds is 2. The summed E-state index contributed by atoms with van der Waals surface area (Å²) in [6.07, 6.45) is 5.72. The second-order valence-electron chi connectivity index (χ2n) is 3.38. The van der Waals surface area contributed by atoms with Crippen molar-refractivity contribution in [2.75, 3.05) is 0 Å². The van der Waals surface area contributed by atoms with Gasteiger partial charge in [-0.15, -0.1) is 0 Å². The standard InChI is InChI=1S/C10H12N4O/c1-7-8(6-14(2)13-7)10(15)9-5-11-3-4-12-9/h3-6,10,15H,1-2H3. The summed E-state index contributed by atoms with van der Waals surface area (Å²) < 4.78 is 1.67. The van der Waals surface area contributed by atoms with E-state index in [0.717, 1.165) is 11.3 Å². The van der Waals surface area contributed by atoms with E-state index >= 15 is 0 Å². The Balaban J connectivity index is 2.36.